The van der Waals surface area contributed by atoms with E-state index in [9.17, 15) is 9.59 Å². The maximum Gasteiger partial charge on any atom is 0.435 e. The molecule has 0 saturated carbocycles. The zero-order chi connectivity index (χ0) is 27.5. The quantitative estimate of drug-likeness (QED) is 0.295. The predicted octanol–water partition coefficient (Wildman–Crippen LogP) is 5.61. The number of nitrogens with zero attached hydrogens (tertiary/aromatic N) is 7. The highest BCUT2D eigenvalue weighted by atomic mass is 35.5. The molecule has 196 valence electrons. The molecule has 0 saturated heterocycles. The van der Waals surface area contributed by atoms with Gasteiger partial charge in [0.2, 0.25) is 11.7 Å². The van der Waals surface area contributed by atoms with Crippen LogP contribution in [-0.4, -0.2) is 45.4 Å². The van der Waals surface area contributed by atoms with Crippen LogP contribution in [-0.2, 0) is 4.74 Å². The fourth-order valence-electron chi connectivity index (χ4n) is 4.19. The Morgan fingerprint density at radius 2 is 1.82 bits per heavy atom. The highest BCUT2D eigenvalue weighted by molar-refractivity contribution is 6.37. The molecule has 13 heteroatoms. The van der Waals surface area contributed by atoms with Crippen molar-refractivity contribution in [1.29, 1.82) is 0 Å². The number of aromatic nitrogens is 7. The van der Waals surface area contributed by atoms with Crippen LogP contribution in [0.4, 0.5) is 16.4 Å². The Morgan fingerprint density at radius 3 is 2.56 bits per heavy atom. The van der Waals surface area contributed by atoms with E-state index in [1.807, 2.05) is 6.07 Å². The van der Waals surface area contributed by atoms with E-state index in [0.717, 1.165) is 5.39 Å². The Hall–Kier alpha value is -4.48. The standard InChI is InChI=1S/C26H20Cl2N8O3/c1-26(2,3)39-25(38)36-19-11-15(8-7-14(19)12-31-36)32-23-30-13-16-21(33-23)34-10-9-29-24(34)35(22(16)37)20-17(27)5-4-6-18(20)28/h4-13H,1-3H3,(H,30,32,33). The van der Waals surface area contributed by atoms with Crippen molar-refractivity contribution in [3.63, 3.8) is 0 Å². The Labute approximate surface area is 230 Å². The summed E-state index contributed by atoms with van der Waals surface area (Å²) in [6.45, 7) is 5.36. The lowest BCUT2D eigenvalue weighted by Crippen LogP contribution is -2.27. The Morgan fingerprint density at radius 1 is 1.05 bits per heavy atom. The summed E-state index contributed by atoms with van der Waals surface area (Å²) in [7, 11) is 0. The Balaban J connectivity index is 1.43. The lowest BCUT2D eigenvalue weighted by atomic mass is 10.2. The maximum atomic E-state index is 13.6. The molecule has 0 radical (unpaired) electrons. The van der Waals surface area contributed by atoms with Crippen LogP contribution in [0, 0.1) is 0 Å². The van der Waals surface area contributed by atoms with E-state index in [1.165, 1.54) is 15.4 Å². The molecule has 0 unspecified atom stereocenters. The molecule has 11 nitrogen and oxygen atoms in total. The van der Waals surface area contributed by atoms with Gasteiger partial charge in [0.25, 0.3) is 5.56 Å². The number of carbonyl (C=O) groups is 1. The molecule has 0 aliphatic carbocycles. The van der Waals surface area contributed by atoms with Gasteiger partial charge in [-0.1, -0.05) is 29.3 Å². The monoisotopic (exact) mass is 562 g/mol. The molecule has 4 heterocycles. The number of hydrogen-bond donors (Lipinski definition) is 1. The molecule has 0 bridgehead atoms. The zero-order valence-corrected chi connectivity index (χ0v) is 22.4. The van der Waals surface area contributed by atoms with E-state index in [2.05, 4.69) is 25.4 Å². The van der Waals surface area contributed by atoms with Crippen LogP contribution in [0.2, 0.25) is 10.0 Å². The smallest absolute Gasteiger partial charge is 0.435 e. The van der Waals surface area contributed by atoms with Gasteiger partial charge in [0.05, 0.1) is 27.4 Å². The minimum atomic E-state index is -0.668. The number of imidazole rings is 1. The molecule has 2 aromatic carbocycles. The summed E-state index contributed by atoms with van der Waals surface area (Å²) in [5.74, 6) is 0.517. The molecule has 0 atom stereocenters. The Kier molecular flexibility index (Phi) is 5.77. The van der Waals surface area contributed by atoms with Crippen molar-refractivity contribution < 1.29 is 9.53 Å². The topological polar surface area (TPSA) is 121 Å². The van der Waals surface area contributed by atoms with E-state index in [-0.39, 0.29) is 17.1 Å². The second kappa shape index (κ2) is 9.07. The molecule has 6 aromatic rings. The molecule has 0 aliphatic rings. The van der Waals surface area contributed by atoms with Gasteiger partial charge in [-0.25, -0.2) is 19.3 Å². The van der Waals surface area contributed by atoms with Gasteiger partial charge in [0, 0.05) is 29.7 Å². The molecule has 0 spiro atoms. The molecule has 0 amide bonds. The van der Waals surface area contributed by atoms with Crippen molar-refractivity contribution >= 4 is 68.6 Å². The summed E-state index contributed by atoms with van der Waals surface area (Å²) in [4.78, 5) is 39.5. The summed E-state index contributed by atoms with van der Waals surface area (Å²) in [6, 6.07) is 10.3. The van der Waals surface area contributed by atoms with Crippen molar-refractivity contribution in [2.45, 2.75) is 26.4 Å². The van der Waals surface area contributed by atoms with Gasteiger partial charge in [-0.15, -0.1) is 0 Å². The third kappa shape index (κ3) is 4.35. The fourth-order valence-corrected chi connectivity index (χ4v) is 4.75. The number of benzene rings is 2. The molecular weight excluding hydrogens is 543 g/mol. The summed E-state index contributed by atoms with van der Waals surface area (Å²) < 4.78 is 9.65. The first-order chi connectivity index (χ1) is 18.6. The summed E-state index contributed by atoms with van der Waals surface area (Å²) in [6.07, 6.45) is 5.66. The average molecular weight is 563 g/mol. The lowest BCUT2D eigenvalue weighted by Gasteiger charge is -2.19. The number of fused-ring (bicyclic) bond motifs is 4. The van der Waals surface area contributed by atoms with Crippen molar-refractivity contribution in [2.75, 3.05) is 5.32 Å². The van der Waals surface area contributed by atoms with E-state index in [4.69, 9.17) is 27.9 Å². The van der Waals surface area contributed by atoms with E-state index >= 15 is 0 Å². The normalized spacial score (nSPS) is 11.9. The van der Waals surface area contributed by atoms with Crippen molar-refractivity contribution in [1.82, 2.24) is 33.7 Å². The van der Waals surface area contributed by atoms with Crippen LogP contribution >= 0.6 is 23.2 Å². The number of halogens is 2. The van der Waals surface area contributed by atoms with Gasteiger partial charge >= 0.3 is 6.09 Å². The van der Waals surface area contributed by atoms with E-state index < -0.39 is 17.3 Å². The van der Waals surface area contributed by atoms with Gasteiger partial charge in [-0.2, -0.15) is 14.8 Å². The highest BCUT2D eigenvalue weighted by Gasteiger charge is 2.21. The van der Waals surface area contributed by atoms with Crippen molar-refractivity contribution in [2.24, 2.45) is 0 Å². The molecular formula is C26H20Cl2N8O3. The summed E-state index contributed by atoms with van der Waals surface area (Å²) in [5, 5.41) is 8.89. The van der Waals surface area contributed by atoms with E-state index in [0.29, 0.717) is 32.6 Å². The van der Waals surface area contributed by atoms with E-state index in [1.54, 1.807) is 74.1 Å². The SMILES string of the molecule is CC(C)(C)OC(=O)n1ncc2ccc(Nc3ncc4c(=O)n(-c5c(Cl)cccc5Cl)c5nccn5c4n3)cc21. The van der Waals surface area contributed by atoms with Crippen LogP contribution in [0.25, 0.3) is 33.4 Å². The highest BCUT2D eigenvalue weighted by Crippen LogP contribution is 2.29. The van der Waals surface area contributed by atoms with Gasteiger partial charge in [-0.05, 0) is 51.1 Å². The van der Waals surface area contributed by atoms with Gasteiger partial charge in [0.1, 0.15) is 11.0 Å². The van der Waals surface area contributed by atoms with Gasteiger partial charge < -0.3 is 10.1 Å². The number of hydrogen-bond acceptors (Lipinski definition) is 8. The molecule has 1 N–H and O–H groups in total. The Bertz CT molecular complexity index is 1970. The number of anilines is 2. The molecule has 39 heavy (non-hydrogen) atoms. The minimum Gasteiger partial charge on any atom is -0.442 e. The minimum absolute atomic E-state index is 0.230. The zero-order valence-electron chi connectivity index (χ0n) is 20.9. The van der Waals surface area contributed by atoms with Crippen LogP contribution in [0.5, 0.6) is 0 Å². The van der Waals surface area contributed by atoms with Gasteiger partial charge in [0.15, 0.2) is 5.65 Å². The van der Waals surface area contributed by atoms with Crippen LogP contribution in [0.3, 0.4) is 0 Å². The third-order valence-corrected chi connectivity index (χ3v) is 6.42. The third-order valence-electron chi connectivity index (χ3n) is 5.81. The number of ether oxygens (including phenoxy) is 1. The molecule has 0 aliphatic heterocycles. The second-order valence-corrected chi connectivity index (χ2v) is 10.5. The number of para-hydroxylation sites is 1. The average Bonchev–Trinajstić information content (AvgIpc) is 3.52. The maximum absolute atomic E-state index is 13.6. The first-order valence-corrected chi connectivity index (χ1v) is 12.5. The van der Waals surface area contributed by atoms with Crippen LogP contribution < -0.4 is 10.9 Å². The summed E-state index contributed by atoms with van der Waals surface area (Å²) >= 11 is 12.8. The first-order valence-electron chi connectivity index (χ1n) is 11.8. The van der Waals surface area contributed by atoms with Crippen molar-refractivity contribution in [3.8, 4) is 5.69 Å². The second-order valence-electron chi connectivity index (χ2n) is 9.67. The fraction of sp³-hybridized carbons (Fsp3) is 0.154. The molecule has 4 aromatic heterocycles. The first kappa shape index (κ1) is 24.8. The van der Waals surface area contributed by atoms with Crippen LogP contribution in [0.15, 0.2) is 66.0 Å². The largest absolute Gasteiger partial charge is 0.442 e. The number of nitrogens with one attached hydrogen (secondary N) is 1. The number of carbonyl (C=O) groups excluding carboxylic acids is 1. The molecule has 6 rings (SSSR count). The van der Waals surface area contributed by atoms with Crippen molar-refractivity contribution in [3.05, 3.63) is 81.6 Å². The summed E-state index contributed by atoms with van der Waals surface area (Å²) in [5.41, 5.74) is 0.716. The lowest BCUT2D eigenvalue weighted by molar-refractivity contribution is 0.0523. The van der Waals surface area contributed by atoms with Crippen LogP contribution in [0.1, 0.15) is 20.8 Å². The predicted molar refractivity (Wildman–Crippen MR) is 149 cm³/mol. The van der Waals surface area contributed by atoms with Gasteiger partial charge in [-0.3, -0.25) is 9.20 Å². The molecule has 0 fully saturated rings. The number of rotatable bonds is 3.